The smallest absolute Gasteiger partial charge is 0.410 e. The fourth-order valence-electron chi connectivity index (χ4n) is 9.77. The molecule has 2 aliphatic heterocycles. The lowest BCUT2D eigenvalue weighted by Gasteiger charge is -2.33. The number of carbonyl (C=O) groups excluding carboxylic acids is 3. The molecule has 0 unspecified atom stereocenters. The predicted octanol–water partition coefficient (Wildman–Crippen LogP) is 13.7. The average Bonchev–Trinajstić information content (AvgIpc) is 3.90. The van der Waals surface area contributed by atoms with Crippen LogP contribution in [0.3, 0.4) is 0 Å². The molecule has 380 valence electrons. The minimum absolute atomic E-state index is 0.00758. The maximum Gasteiger partial charge on any atom is 0.410 e. The van der Waals surface area contributed by atoms with Gasteiger partial charge in [0.2, 0.25) is 0 Å². The highest BCUT2D eigenvalue weighted by atomic mass is 16.6. The number of benzene rings is 4. The molecule has 4 heterocycles. The molecule has 10 rings (SSSR count). The van der Waals surface area contributed by atoms with Crippen LogP contribution in [0.5, 0.6) is 11.5 Å². The number of allylic oxidation sites excluding steroid dienone is 2. The van der Waals surface area contributed by atoms with E-state index in [2.05, 4.69) is 27.4 Å². The highest BCUT2D eigenvalue weighted by Gasteiger charge is 2.34. The summed E-state index contributed by atoms with van der Waals surface area (Å²) < 4.78 is 17.7. The van der Waals surface area contributed by atoms with Crippen molar-refractivity contribution in [2.45, 2.75) is 92.6 Å². The number of hydrogen-bond donors (Lipinski definition) is 1. The van der Waals surface area contributed by atoms with Crippen LogP contribution in [0, 0.1) is 11.8 Å². The number of Topliss-reactive ketones (excluding diaryl/α,β-unsaturated/α-hetero) is 2. The molecule has 0 saturated carbocycles. The molecule has 0 atom stereocenters. The Hall–Kier alpha value is -7.17. The van der Waals surface area contributed by atoms with E-state index < -0.39 is 5.60 Å². The number of rotatable bonds is 12. The largest absolute Gasteiger partial charge is 0.494 e. The molecule has 6 aromatic rings. The van der Waals surface area contributed by atoms with E-state index >= 15 is 0 Å². The van der Waals surface area contributed by atoms with Crippen molar-refractivity contribution in [1.82, 2.24) is 20.2 Å². The zero-order valence-corrected chi connectivity index (χ0v) is 43.8. The normalized spacial score (nSPS) is 15.5. The van der Waals surface area contributed by atoms with Crippen molar-refractivity contribution in [3.63, 3.8) is 0 Å². The van der Waals surface area contributed by atoms with E-state index in [0.717, 1.165) is 95.0 Å². The summed E-state index contributed by atoms with van der Waals surface area (Å²) >= 11 is 0. The Balaban J connectivity index is 0.000000204. The summed E-state index contributed by atoms with van der Waals surface area (Å²) in [7, 11) is 0. The number of ketones is 2. The first-order valence-corrected chi connectivity index (χ1v) is 26.3. The van der Waals surface area contributed by atoms with Gasteiger partial charge < -0.3 is 24.4 Å². The molecule has 2 saturated heterocycles. The van der Waals surface area contributed by atoms with Gasteiger partial charge >= 0.3 is 6.09 Å². The first-order chi connectivity index (χ1) is 35.6. The summed E-state index contributed by atoms with van der Waals surface area (Å²) in [6, 6.07) is 39.5. The number of ether oxygens (including phenoxy) is 3. The Kier molecular flexibility index (Phi) is 19.1. The van der Waals surface area contributed by atoms with Crippen LogP contribution >= 0.6 is 0 Å². The maximum atomic E-state index is 13.6. The van der Waals surface area contributed by atoms with Crippen LogP contribution < -0.4 is 14.8 Å². The standard InChI is InChI=1S/C32H34N2O4.C27H26N2O2.2C2H6/c1-32(2,3)38-31(36)34-17-13-22(14-18-34)15-19-37-25-11-12-26-27(20-25)30(35)29(24-10-7-16-33-21-24)28(26)23-8-5-4-6-9-23;30-27-24-17-22(31-16-12-19-10-14-28-15-11-19)8-9-23(24)25(20-5-2-1-3-6-20)26(27)21-7-4-13-29-18-21;2*1-2/h4-12,16,20-22H,13-15,17-19H2,1-3H3;1-9,13,17-19,28H,10-12,14-16H2;2*1-2H3. The SMILES string of the molecule is CC.CC.CC(C)(C)OC(=O)N1CCC(CCOc2ccc3c(c2)C(=O)C(c2cccnc2)=C3c2ccccc2)CC1.O=C1C(c2cccnc2)=C(c2ccccc2)c2ccc(OCCC3CCNCC3)cc21. The molecular formula is C63H72N4O6. The lowest BCUT2D eigenvalue weighted by atomic mass is 9.94. The van der Waals surface area contributed by atoms with E-state index in [4.69, 9.17) is 14.2 Å². The average molecular weight is 981 g/mol. The summed E-state index contributed by atoms with van der Waals surface area (Å²) in [5, 5.41) is 3.40. The van der Waals surface area contributed by atoms with Gasteiger partial charge in [-0.1, -0.05) is 100 Å². The molecule has 2 fully saturated rings. The number of pyridine rings is 2. The highest BCUT2D eigenvalue weighted by molar-refractivity contribution is 6.42. The summed E-state index contributed by atoms with van der Waals surface area (Å²) in [4.78, 5) is 49.7. The van der Waals surface area contributed by atoms with E-state index in [-0.39, 0.29) is 17.7 Å². The number of nitrogens with zero attached hydrogens (tertiary/aromatic N) is 3. The Bertz CT molecular complexity index is 2830. The lowest BCUT2D eigenvalue weighted by Crippen LogP contribution is -2.41. The number of piperidine rings is 2. The quantitative estimate of drug-likeness (QED) is 0.128. The fraction of sp³-hybridized carbons (Fsp3) is 0.349. The molecule has 1 N–H and O–H groups in total. The van der Waals surface area contributed by atoms with Gasteiger partial charge in [0, 0.05) is 82.4 Å². The number of aromatic nitrogens is 2. The number of likely N-dealkylation sites (tertiary alicyclic amines) is 1. The third-order valence-electron chi connectivity index (χ3n) is 13.3. The van der Waals surface area contributed by atoms with Crippen LogP contribution in [0.25, 0.3) is 22.3 Å². The number of nitrogens with one attached hydrogen (secondary N) is 1. The zero-order chi connectivity index (χ0) is 51.7. The third kappa shape index (κ3) is 13.5. The topological polar surface area (TPSA) is 120 Å². The Morgan fingerprint density at radius 3 is 1.38 bits per heavy atom. The van der Waals surface area contributed by atoms with Crippen molar-refractivity contribution in [2.24, 2.45) is 11.8 Å². The monoisotopic (exact) mass is 981 g/mol. The molecule has 73 heavy (non-hydrogen) atoms. The van der Waals surface area contributed by atoms with Crippen molar-refractivity contribution in [3.8, 4) is 11.5 Å². The van der Waals surface area contributed by atoms with Crippen LogP contribution in [0.2, 0.25) is 0 Å². The second-order valence-electron chi connectivity index (χ2n) is 19.2. The molecule has 4 aliphatic rings. The summed E-state index contributed by atoms with van der Waals surface area (Å²) in [6.45, 7) is 18.5. The van der Waals surface area contributed by atoms with Crippen molar-refractivity contribution in [2.75, 3.05) is 39.4 Å². The minimum atomic E-state index is -0.477. The first-order valence-electron chi connectivity index (χ1n) is 26.3. The molecule has 0 spiro atoms. The molecule has 4 aromatic carbocycles. The van der Waals surface area contributed by atoms with Crippen LogP contribution in [0.15, 0.2) is 146 Å². The minimum Gasteiger partial charge on any atom is -0.494 e. The highest BCUT2D eigenvalue weighted by Crippen LogP contribution is 2.45. The number of carbonyl (C=O) groups is 3. The van der Waals surface area contributed by atoms with Crippen molar-refractivity contribution in [3.05, 3.63) is 191 Å². The van der Waals surface area contributed by atoms with E-state index in [0.29, 0.717) is 60.2 Å². The second kappa shape index (κ2) is 26.0. The lowest BCUT2D eigenvalue weighted by molar-refractivity contribution is 0.0177. The number of amides is 1. The van der Waals surface area contributed by atoms with E-state index in [1.807, 2.05) is 158 Å². The van der Waals surface area contributed by atoms with Gasteiger partial charge in [0.05, 0.1) is 13.2 Å². The molecule has 2 aromatic heterocycles. The van der Waals surface area contributed by atoms with Gasteiger partial charge in [0.1, 0.15) is 17.1 Å². The van der Waals surface area contributed by atoms with E-state index in [1.54, 1.807) is 29.7 Å². The van der Waals surface area contributed by atoms with Gasteiger partial charge in [-0.05, 0) is 155 Å². The van der Waals surface area contributed by atoms with Gasteiger partial charge in [-0.15, -0.1) is 0 Å². The van der Waals surface area contributed by atoms with Gasteiger partial charge in [-0.3, -0.25) is 19.6 Å². The van der Waals surface area contributed by atoms with Crippen molar-refractivity contribution in [1.29, 1.82) is 0 Å². The van der Waals surface area contributed by atoms with E-state index in [9.17, 15) is 14.4 Å². The molecule has 2 aliphatic carbocycles. The zero-order valence-electron chi connectivity index (χ0n) is 43.8. The molecular weight excluding hydrogens is 909 g/mol. The molecule has 10 nitrogen and oxygen atoms in total. The summed E-state index contributed by atoms with van der Waals surface area (Å²) in [6.07, 6.45) is 13.0. The van der Waals surface area contributed by atoms with Gasteiger partial charge in [-0.2, -0.15) is 0 Å². The third-order valence-corrected chi connectivity index (χ3v) is 13.3. The molecule has 10 heteroatoms. The number of fused-ring (bicyclic) bond motifs is 2. The molecule has 0 radical (unpaired) electrons. The Labute approximate surface area is 432 Å². The van der Waals surface area contributed by atoms with Gasteiger partial charge in [-0.25, -0.2) is 4.79 Å². The molecule has 1 amide bonds. The summed E-state index contributed by atoms with van der Waals surface area (Å²) in [5.41, 5.74) is 9.74. The predicted molar refractivity (Wildman–Crippen MR) is 294 cm³/mol. The van der Waals surface area contributed by atoms with Gasteiger partial charge in [0.15, 0.2) is 11.6 Å². The first kappa shape index (κ1) is 53.6. The second-order valence-corrected chi connectivity index (χ2v) is 19.2. The van der Waals surface area contributed by atoms with Crippen LogP contribution in [0.4, 0.5) is 4.79 Å². The maximum absolute atomic E-state index is 13.6. The Morgan fingerprint density at radius 2 is 0.973 bits per heavy atom. The van der Waals surface area contributed by atoms with Crippen LogP contribution in [-0.4, -0.2) is 77.5 Å². The fourth-order valence-corrected chi connectivity index (χ4v) is 9.77. The van der Waals surface area contributed by atoms with E-state index in [1.165, 1.54) is 12.8 Å². The van der Waals surface area contributed by atoms with Crippen molar-refractivity contribution >= 4 is 40.0 Å². The summed E-state index contributed by atoms with van der Waals surface area (Å²) in [5.74, 6) is 2.70. The molecule has 0 bridgehead atoms. The van der Waals surface area contributed by atoms with Gasteiger partial charge in [0.25, 0.3) is 0 Å². The van der Waals surface area contributed by atoms with Crippen molar-refractivity contribution < 1.29 is 28.6 Å². The van der Waals surface area contributed by atoms with Crippen LogP contribution in [-0.2, 0) is 4.74 Å². The van der Waals surface area contributed by atoms with Crippen LogP contribution in [0.1, 0.15) is 141 Å². The number of hydrogen-bond acceptors (Lipinski definition) is 9. The Morgan fingerprint density at radius 1 is 0.548 bits per heavy atom.